The van der Waals surface area contributed by atoms with Crippen LogP contribution in [0.4, 0.5) is 16.2 Å². The maximum atomic E-state index is 12.0. The number of rotatable bonds is 4. The minimum absolute atomic E-state index is 0.252. The van der Waals surface area contributed by atoms with Crippen LogP contribution in [0.1, 0.15) is 5.56 Å². The number of anilines is 2. The molecule has 2 heterocycles. The predicted molar refractivity (Wildman–Crippen MR) is 109 cm³/mol. The molecule has 142 valence electrons. The molecule has 2 fully saturated rings. The zero-order valence-electron chi connectivity index (χ0n) is 15.1. The number of hydrogen-bond donors (Lipinski definition) is 1. The molecule has 0 bridgehead atoms. The van der Waals surface area contributed by atoms with Gasteiger partial charge in [0.2, 0.25) is 0 Å². The van der Waals surface area contributed by atoms with Gasteiger partial charge in [-0.05, 0) is 29.8 Å². The molecule has 0 aromatic heterocycles. The molecule has 27 heavy (non-hydrogen) atoms. The minimum Gasteiger partial charge on any atom is -0.444 e. The van der Waals surface area contributed by atoms with Crippen LogP contribution in [-0.2, 0) is 16.1 Å². The molecular weight excluding hydrogens is 361 g/mol. The summed E-state index contributed by atoms with van der Waals surface area (Å²) in [5.74, 6) is 0. The molecule has 0 saturated carbocycles. The molecule has 3 atom stereocenters. The summed E-state index contributed by atoms with van der Waals surface area (Å²) in [7, 11) is 2.82. The summed E-state index contributed by atoms with van der Waals surface area (Å²) < 4.78 is 13.4. The van der Waals surface area contributed by atoms with Crippen LogP contribution in [0.2, 0.25) is 0 Å². The molecule has 2 aliphatic rings. The molecule has 4 rings (SSSR count). The number of morpholine rings is 1. The molecule has 2 aromatic carbocycles. The normalized spacial score (nSPS) is 22.3. The Morgan fingerprint density at radius 3 is 2.67 bits per heavy atom. The fraction of sp³-hybridized carbons (Fsp3) is 0.350. The summed E-state index contributed by atoms with van der Waals surface area (Å²) in [4.78, 5) is 14.3. The second kappa shape index (κ2) is 8.26. The monoisotopic (exact) mass is 385 g/mol. The van der Waals surface area contributed by atoms with E-state index in [9.17, 15) is 4.79 Å². The fourth-order valence-corrected chi connectivity index (χ4v) is 3.95. The van der Waals surface area contributed by atoms with Crippen molar-refractivity contribution in [1.82, 2.24) is 4.67 Å². The average molecular weight is 385 g/mol. The van der Waals surface area contributed by atoms with E-state index in [1.54, 1.807) is 0 Å². The van der Waals surface area contributed by atoms with Crippen LogP contribution >= 0.6 is 9.39 Å². The molecule has 0 radical (unpaired) electrons. The smallest absolute Gasteiger partial charge is 0.411 e. The Morgan fingerprint density at radius 1 is 1.15 bits per heavy atom. The molecule has 7 heteroatoms. The number of carbonyl (C=O) groups is 1. The topological polar surface area (TPSA) is 54.0 Å². The molecule has 0 spiro atoms. The molecule has 1 N–H and O–H groups in total. The average Bonchev–Trinajstić information content (AvgIpc) is 3.14. The van der Waals surface area contributed by atoms with Crippen LogP contribution in [0.5, 0.6) is 0 Å². The molecule has 1 amide bonds. The van der Waals surface area contributed by atoms with Crippen LogP contribution in [0.3, 0.4) is 0 Å². The second-order valence-electron chi connectivity index (χ2n) is 6.85. The van der Waals surface area contributed by atoms with E-state index in [1.165, 1.54) is 0 Å². The molecule has 3 unspecified atom stereocenters. The van der Waals surface area contributed by atoms with E-state index in [2.05, 4.69) is 24.3 Å². The van der Waals surface area contributed by atoms with Gasteiger partial charge >= 0.3 is 6.09 Å². The van der Waals surface area contributed by atoms with E-state index in [-0.39, 0.29) is 12.7 Å². The first-order valence-electron chi connectivity index (χ1n) is 9.15. The quantitative estimate of drug-likeness (QED) is 0.820. The van der Waals surface area contributed by atoms with Crippen molar-refractivity contribution < 1.29 is 14.3 Å². The van der Waals surface area contributed by atoms with Gasteiger partial charge in [-0.15, -0.1) is 0 Å². The van der Waals surface area contributed by atoms with Crippen molar-refractivity contribution in [3.8, 4) is 0 Å². The SMILES string of the molecule is O=C(Nc1ccc(N2CC3OCCN(P)C3C2)cc1)OCc1ccccc1. The lowest BCUT2D eigenvalue weighted by Crippen LogP contribution is -2.45. The largest absolute Gasteiger partial charge is 0.444 e. The minimum atomic E-state index is -0.453. The molecule has 6 nitrogen and oxygen atoms in total. The van der Waals surface area contributed by atoms with Gasteiger partial charge in [0.1, 0.15) is 6.61 Å². The number of fused-ring (bicyclic) bond motifs is 1. The van der Waals surface area contributed by atoms with E-state index in [0.717, 1.165) is 43.2 Å². The molecule has 2 saturated heterocycles. The van der Waals surface area contributed by atoms with E-state index in [4.69, 9.17) is 9.47 Å². The van der Waals surface area contributed by atoms with E-state index in [0.29, 0.717) is 6.04 Å². The summed E-state index contributed by atoms with van der Waals surface area (Å²) in [6.07, 6.45) is -0.201. The maximum absolute atomic E-state index is 12.0. The van der Waals surface area contributed by atoms with Crippen LogP contribution in [0, 0.1) is 0 Å². The van der Waals surface area contributed by atoms with E-state index >= 15 is 0 Å². The lowest BCUT2D eigenvalue weighted by atomic mass is 10.2. The number of nitrogens with zero attached hydrogens (tertiary/aromatic N) is 2. The van der Waals surface area contributed by atoms with Gasteiger partial charge in [-0.25, -0.2) is 4.79 Å². The Labute approximate surface area is 161 Å². The maximum Gasteiger partial charge on any atom is 0.411 e. The van der Waals surface area contributed by atoms with Gasteiger partial charge < -0.3 is 14.4 Å². The highest BCUT2D eigenvalue weighted by atomic mass is 31.0. The van der Waals surface area contributed by atoms with Crippen molar-refractivity contribution in [3.63, 3.8) is 0 Å². The van der Waals surface area contributed by atoms with Crippen LogP contribution in [-0.4, -0.2) is 49.2 Å². The predicted octanol–water partition coefficient (Wildman–Crippen LogP) is 3.11. The standard InChI is InChI=1S/C20H24N3O3P/c24-20(26-14-15-4-2-1-3-5-15)21-16-6-8-17(9-7-16)22-12-18-19(13-22)25-11-10-23(18)27/h1-9,18-19H,10-14,27H2,(H,21,24). The van der Waals surface area contributed by atoms with Crippen LogP contribution in [0.25, 0.3) is 0 Å². The van der Waals surface area contributed by atoms with Crippen LogP contribution < -0.4 is 10.2 Å². The number of benzene rings is 2. The highest BCUT2D eigenvalue weighted by molar-refractivity contribution is 7.13. The number of nitrogens with one attached hydrogen (secondary N) is 1. The van der Waals surface area contributed by atoms with E-state index in [1.807, 2.05) is 54.6 Å². The number of ether oxygens (including phenoxy) is 2. The Balaban J connectivity index is 1.30. The van der Waals surface area contributed by atoms with Gasteiger partial charge in [0.15, 0.2) is 0 Å². The van der Waals surface area contributed by atoms with Gasteiger partial charge in [0.05, 0.1) is 18.8 Å². The van der Waals surface area contributed by atoms with Gasteiger partial charge in [-0.1, -0.05) is 39.7 Å². The third-order valence-corrected chi connectivity index (χ3v) is 5.68. The summed E-state index contributed by atoms with van der Waals surface area (Å²) in [6, 6.07) is 17.9. The second-order valence-corrected chi connectivity index (χ2v) is 7.52. The Bertz CT molecular complexity index is 772. The Morgan fingerprint density at radius 2 is 1.93 bits per heavy atom. The Hall–Kier alpha value is -2.14. The number of carbonyl (C=O) groups excluding carboxylic acids is 1. The number of amides is 1. The lowest BCUT2D eigenvalue weighted by Gasteiger charge is -2.33. The molecule has 0 aliphatic carbocycles. The Kier molecular flexibility index (Phi) is 5.58. The third kappa shape index (κ3) is 4.41. The third-order valence-electron chi connectivity index (χ3n) is 5.04. The van der Waals surface area contributed by atoms with Crippen LogP contribution in [0.15, 0.2) is 54.6 Å². The van der Waals surface area contributed by atoms with E-state index < -0.39 is 6.09 Å². The zero-order chi connectivity index (χ0) is 18.6. The summed E-state index contributed by atoms with van der Waals surface area (Å²) in [5, 5.41) is 2.77. The first-order chi connectivity index (χ1) is 13.2. The van der Waals surface area contributed by atoms with Crippen molar-refractivity contribution in [3.05, 3.63) is 60.2 Å². The zero-order valence-corrected chi connectivity index (χ0v) is 16.2. The van der Waals surface area contributed by atoms with Gasteiger partial charge in [-0.2, -0.15) is 0 Å². The molecule has 2 aromatic rings. The van der Waals surface area contributed by atoms with Crippen molar-refractivity contribution in [2.45, 2.75) is 18.8 Å². The first-order valence-corrected chi connectivity index (χ1v) is 9.66. The van der Waals surface area contributed by atoms with Crippen molar-refractivity contribution >= 4 is 26.9 Å². The summed E-state index contributed by atoms with van der Waals surface area (Å²) in [5.41, 5.74) is 2.82. The number of hydrogen-bond acceptors (Lipinski definition) is 5. The molecule has 2 aliphatic heterocycles. The van der Waals surface area contributed by atoms with Gasteiger partial charge in [0, 0.05) is 31.0 Å². The van der Waals surface area contributed by atoms with Gasteiger partial charge in [-0.3, -0.25) is 9.99 Å². The fourth-order valence-electron chi connectivity index (χ4n) is 3.56. The van der Waals surface area contributed by atoms with Crippen molar-refractivity contribution in [2.75, 3.05) is 36.5 Å². The highest BCUT2D eigenvalue weighted by Gasteiger charge is 2.38. The lowest BCUT2D eigenvalue weighted by molar-refractivity contribution is -0.0115. The van der Waals surface area contributed by atoms with Crippen molar-refractivity contribution in [1.29, 1.82) is 0 Å². The van der Waals surface area contributed by atoms with Crippen molar-refractivity contribution in [2.24, 2.45) is 0 Å². The van der Waals surface area contributed by atoms with Gasteiger partial charge in [0.25, 0.3) is 0 Å². The molecular formula is C20H24N3O3P. The highest BCUT2D eigenvalue weighted by Crippen LogP contribution is 2.29. The first kappa shape index (κ1) is 18.2. The summed E-state index contributed by atoms with van der Waals surface area (Å²) >= 11 is 0. The summed E-state index contributed by atoms with van der Waals surface area (Å²) in [6.45, 7) is 3.83.